The number of halogens is 1. The molecule has 2 rings (SSSR count). The van der Waals surface area contributed by atoms with Crippen molar-refractivity contribution in [2.45, 2.75) is 33.6 Å². The third-order valence-electron chi connectivity index (χ3n) is 4.74. The Balaban J connectivity index is 0.00000420. The van der Waals surface area contributed by atoms with Gasteiger partial charge in [-0.1, -0.05) is 43.7 Å². The minimum atomic E-state index is -0.385. The first-order valence-corrected chi connectivity index (χ1v) is 10.3. The zero-order valence-corrected chi connectivity index (χ0v) is 18.5. The van der Waals surface area contributed by atoms with E-state index in [0.29, 0.717) is 24.7 Å². The van der Waals surface area contributed by atoms with E-state index in [-0.39, 0.29) is 18.5 Å². The lowest BCUT2D eigenvalue weighted by Crippen LogP contribution is -3.11. The SMILES string of the molecule is CCCCOc1ccccc1N(C(=O)OCC[NH+](CC)CC)c1ccccc1.[Cl-]. The number of amides is 1. The number of hydrogen-bond acceptors (Lipinski definition) is 3. The van der Waals surface area contributed by atoms with Crippen molar-refractivity contribution in [1.29, 1.82) is 0 Å². The van der Waals surface area contributed by atoms with Crippen LogP contribution in [0, 0.1) is 0 Å². The second-order valence-electron chi connectivity index (χ2n) is 6.66. The Labute approximate surface area is 181 Å². The van der Waals surface area contributed by atoms with E-state index in [9.17, 15) is 4.79 Å². The molecule has 5 nitrogen and oxygen atoms in total. The van der Waals surface area contributed by atoms with Gasteiger partial charge in [0.05, 0.1) is 31.1 Å². The summed E-state index contributed by atoms with van der Waals surface area (Å²) >= 11 is 0. The molecule has 0 radical (unpaired) electrons. The number of carbonyl (C=O) groups is 1. The number of nitrogens with one attached hydrogen (secondary N) is 1. The number of nitrogens with zero attached hydrogens (tertiary/aromatic N) is 1. The highest BCUT2D eigenvalue weighted by molar-refractivity contribution is 5.97. The molecule has 1 amide bonds. The third kappa shape index (κ3) is 7.59. The standard InChI is InChI=1S/C23H32N2O3.ClH/c1-4-7-18-27-22-16-12-11-15-21(22)25(20-13-9-8-10-14-20)23(26)28-19-17-24(5-2)6-3;/h8-16H,4-7,17-19H2,1-3H3;1H. The van der Waals surface area contributed by atoms with Gasteiger partial charge >= 0.3 is 6.09 Å². The number of carbonyl (C=O) groups excluding carboxylic acids is 1. The average Bonchev–Trinajstić information content (AvgIpc) is 2.73. The monoisotopic (exact) mass is 420 g/mol. The van der Waals surface area contributed by atoms with Crippen molar-refractivity contribution in [3.63, 3.8) is 0 Å². The van der Waals surface area contributed by atoms with Gasteiger partial charge in [-0.3, -0.25) is 0 Å². The quantitative estimate of drug-likeness (QED) is 0.553. The van der Waals surface area contributed by atoms with Crippen LogP contribution in [-0.4, -0.2) is 38.9 Å². The van der Waals surface area contributed by atoms with Crippen LogP contribution in [0.4, 0.5) is 16.2 Å². The van der Waals surface area contributed by atoms with Crippen molar-refractivity contribution in [3.8, 4) is 5.75 Å². The molecule has 0 aliphatic carbocycles. The summed E-state index contributed by atoms with van der Waals surface area (Å²) in [6.07, 6.45) is 1.64. The molecule has 0 spiro atoms. The molecule has 0 fully saturated rings. The van der Waals surface area contributed by atoms with Crippen LogP contribution < -0.4 is 26.9 Å². The summed E-state index contributed by atoms with van der Waals surface area (Å²) in [5, 5.41) is 0. The Morgan fingerprint density at radius 3 is 2.24 bits per heavy atom. The number of ether oxygens (including phenoxy) is 2. The number of benzene rings is 2. The number of para-hydroxylation sites is 3. The molecule has 0 saturated heterocycles. The number of anilines is 2. The van der Waals surface area contributed by atoms with Crippen LogP contribution in [0.3, 0.4) is 0 Å². The van der Waals surface area contributed by atoms with Gasteiger partial charge in [0.2, 0.25) is 0 Å². The van der Waals surface area contributed by atoms with Gasteiger partial charge in [0.15, 0.2) is 0 Å². The Morgan fingerprint density at radius 2 is 1.59 bits per heavy atom. The maximum Gasteiger partial charge on any atom is 0.419 e. The van der Waals surface area contributed by atoms with Gasteiger partial charge in [0, 0.05) is 0 Å². The fourth-order valence-electron chi connectivity index (χ4n) is 2.96. The molecule has 0 bridgehead atoms. The Morgan fingerprint density at radius 1 is 0.931 bits per heavy atom. The fraction of sp³-hybridized carbons (Fsp3) is 0.435. The van der Waals surface area contributed by atoms with Crippen LogP contribution in [0.2, 0.25) is 0 Å². The van der Waals surface area contributed by atoms with Gasteiger partial charge in [0.1, 0.15) is 18.9 Å². The molecule has 0 atom stereocenters. The maximum atomic E-state index is 13.0. The van der Waals surface area contributed by atoms with Crippen LogP contribution in [0.15, 0.2) is 54.6 Å². The van der Waals surface area contributed by atoms with Crippen LogP contribution in [0.5, 0.6) is 5.75 Å². The Kier molecular flexibility index (Phi) is 11.8. The van der Waals surface area contributed by atoms with Gasteiger partial charge in [0.25, 0.3) is 0 Å². The second kappa shape index (κ2) is 13.9. The van der Waals surface area contributed by atoms with E-state index in [0.717, 1.165) is 38.2 Å². The van der Waals surface area contributed by atoms with E-state index in [4.69, 9.17) is 9.47 Å². The number of rotatable bonds is 11. The smallest absolute Gasteiger partial charge is 0.419 e. The number of likely N-dealkylation sites (N-methyl/N-ethyl adjacent to an activating group) is 1. The minimum Gasteiger partial charge on any atom is -1.00 e. The molecule has 2 aromatic rings. The summed E-state index contributed by atoms with van der Waals surface area (Å²) in [6, 6.07) is 17.2. The third-order valence-corrected chi connectivity index (χ3v) is 4.74. The Bertz CT molecular complexity index is 708. The minimum absolute atomic E-state index is 0. The van der Waals surface area contributed by atoms with Gasteiger partial charge < -0.3 is 26.8 Å². The highest BCUT2D eigenvalue weighted by Crippen LogP contribution is 2.34. The number of unbranched alkanes of at least 4 members (excludes halogenated alkanes) is 1. The van der Waals surface area contributed by atoms with E-state index < -0.39 is 0 Å². The predicted octanol–water partition coefficient (Wildman–Crippen LogP) is 1.07. The number of quaternary nitrogens is 1. The van der Waals surface area contributed by atoms with Crippen LogP contribution in [0.25, 0.3) is 0 Å². The van der Waals surface area contributed by atoms with E-state index in [1.165, 1.54) is 4.90 Å². The van der Waals surface area contributed by atoms with Crippen molar-refractivity contribution < 1.29 is 31.6 Å². The van der Waals surface area contributed by atoms with Crippen LogP contribution in [-0.2, 0) is 4.74 Å². The largest absolute Gasteiger partial charge is 1.00 e. The summed E-state index contributed by atoms with van der Waals surface area (Å²) < 4.78 is 11.6. The second-order valence-corrected chi connectivity index (χ2v) is 6.66. The van der Waals surface area contributed by atoms with Crippen molar-refractivity contribution >= 4 is 17.5 Å². The molecular weight excluding hydrogens is 388 g/mol. The molecule has 0 aliphatic rings. The van der Waals surface area contributed by atoms with Gasteiger partial charge in [-0.05, 0) is 44.5 Å². The molecule has 0 unspecified atom stereocenters. The highest BCUT2D eigenvalue weighted by atomic mass is 35.5. The van der Waals surface area contributed by atoms with E-state index in [1.54, 1.807) is 4.90 Å². The molecule has 0 saturated carbocycles. The summed E-state index contributed by atoms with van der Waals surface area (Å²) in [5.74, 6) is 0.686. The summed E-state index contributed by atoms with van der Waals surface area (Å²) in [6.45, 7) is 10.3. The molecule has 1 N–H and O–H groups in total. The lowest BCUT2D eigenvalue weighted by atomic mass is 10.2. The zero-order valence-electron chi connectivity index (χ0n) is 17.7. The number of hydrogen-bond donors (Lipinski definition) is 1. The van der Waals surface area contributed by atoms with E-state index >= 15 is 0 Å². The van der Waals surface area contributed by atoms with Crippen LogP contribution >= 0.6 is 0 Å². The summed E-state index contributed by atoms with van der Waals surface area (Å²) in [4.78, 5) is 16.0. The Hall–Kier alpha value is -2.24. The highest BCUT2D eigenvalue weighted by Gasteiger charge is 2.23. The molecule has 0 aromatic heterocycles. The van der Waals surface area contributed by atoms with Gasteiger partial charge in [-0.25, -0.2) is 9.69 Å². The van der Waals surface area contributed by atoms with Crippen molar-refractivity contribution in [1.82, 2.24) is 0 Å². The molecule has 6 heteroatoms. The van der Waals surface area contributed by atoms with Crippen molar-refractivity contribution in [2.24, 2.45) is 0 Å². The van der Waals surface area contributed by atoms with Crippen molar-refractivity contribution in [2.75, 3.05) is 37.7 Å². The average molecular weight is 421 g/mol. The summed E-state index contributed by atoms with van der Waals surface area (Å²) in [5.41, 5.74) is 1.46. The first kappa shape index (κ1) is 24.8. The first-order chi connectivity index (χ1) is 13.7. The van der Waals surface area contributed by atoms with E-state index in [2.05, 4.69) is 20.8 Å². The van der Waals surface area contributed by atoms with Crippen LogP contribution in [0.1, 0.15) is 33.6 Å². The normalized spacial score (nSPS) is 10.3. The van der Waals surface area contributed by atoms with Gasteiger partial charge in [-0.2, -0.15) is 0 Å². The van der Waals surface area contributed by atoms with Crippen molar-refractivity contribution in [3.05, 3.63) is 54.6 Å². The topological polar surface area (TPSA) is 43.2 Å². The molecule has 160 valence electrons. The fourth-order valence-corrected chi connectivity index (χ4v) is 2.96. The summed E-state index contributed by atoms with van der Waals surface area (Å²) in [7, 11) is 0. The maximum absolute atomic E-state index is 13.0. The molecular formula is C23H33ClN2O3. The molecule has 0 aliphatic heterocycles. The lowest BCUT2D eigenvalue weighted by Gasteiger charge is -2.25. The molecule has 29 heavy (non-hydrogen) atoms. The lowest BCUT2D eigenvalue weighted by molar-refractivity contribution is -0.896. The van der Waals surface area contributed by atoms with E-state index in [1.807, 2.05) is 54.6 Å². The molecule has 0 heterocycles. The first-order valence-electron chi connectivity index (χ1n) is 10.3. The predicted molar refractivity (Wildman–Crippen MR) is 114 cm³/mol. The van der Waals surface area contributed by atoms with Gasteiger partial charge in [-0.15, -0.1) is 0 Å². The zero-order chi connectivity index (χ0) is 20.2. The molecule has 2 aromatic carbocycles.